The Labute approximate surface area is 158 Å². The number of hydrogen-bond donors (Lipinski definition) is 2. The van der Waals surface area contributed by atoms with Gasteiger partial charge in [0.1, 0.15) is 11.8 Å². The number of rotatable bonds is 4. The molecule has 27 heavy (non-hydrogen) atoms. The second-order valence-corrected chi connectivity index (χ2v) is 7.48. The van der Waals surface area contributed by atoms with E-state index in [0.717, 1.165) is 26.9 Å². The minimum absolute atomic E-state index is 0.302. The van der Waals surface area contributed by atoms with Crippen molar-refractivity contribution in [1.82, 2.24) is 19.6 Å². The zero-order valence-electron chi connectivity index (χ0n) is 14.4. The van der Waals surface area contributed by atoms with Crippen molar-refractivity contribution in [3.63, 3.8) is 0 Å². The van der Waals surface area contributed by atoms with Gasteiger partial charge in [-0.25, -0.2) is 9.37 Å². The second-order valence-electron chi connectivity index (χ2n) is 6.63. The number of carbonyl (C=O) groups excluding carboxylic acids is 1. The maximum absolute atomic E-state index is 13.0. The highest BCUT2D eigenvalue weighted by Gasteiger charge is 2.43. The summed E-state index contributed by atoms with van der Waals surface area (Å²) in [6, 6.07) is 8.05. The first-order valence-electron chi connectivity index (χ1n) is 8.58. The van der Waals surface area contributed by atoms with E-state index >= 15 is 0 Å². The smallest absolute Gasteiger partial charge is 0.231 e. The summed E-state index contributed by atoms with van der Waals surface area (Å²) in [4.78, 5) is 17.4. The maximum atomic E-state index is 13.0. The van der Waals surface area contributed by atoms with Gasteiger partial charge in [0, 0.05) is 16.5 Å². The molecular formula is C19H16FN5OS. The number of H-pyrrole nitrogens is 1. The average Bonchev–Trinajstić information content (AvgIpc) is 3.07. The lowest BCUT2D eigenvalue weighted by Crippen LogP contribution is -2.15. The topological polar surface area (TPSA) is 75.1 Å². The summed E-state index contributed by atoms with van der Waals surface area (Å²) in [6.07, 6.45) is 6.86. The molecule has 1 aliphatic rings. The lowest BCUT2D eigenvalue weighted by molar-refractivity contribution is -0.117. The van der Waals surface area contributed by atoms with Gasteiger partial charge in [0.15, 0.2) is 5.82 Å². The van der Waals surface area contributed by atoms with Gasteiger partial charge in [0.2, 0.25) is 5.91 Å². The summed E-state index contributed by atoms with van der Waals surface area (Å²) in [6.45, 7) is 0. The van der Waals surface area contributed by atoms with Crippen LogP contribution < -0.4 is 5.32 Å². The third kappa shape index (κ3) is 2.76. The second kappa shape index (κ2) is 6.09. The number of benzene rings is 1. The number of fused-ring (bicyclic) bond motifs is 2. The molecular weight excluding hydrogens is 365 g/mol. The van der Waals surface area contributed by atoms with E-state index < -0.39 is 12.1 Å². The number of imidazole rings is 1. The van der Waals surface area contributed by atoms with E-state index in [9.17, 15) is 9.18 Å². The Hall–Kier alpha value is -2.87. The van der Waals surface area contributed by atoms with Crippen LogP contribution in [0.15, 0.2) is 47.8 Å². The molecule has 0 bridgehead atoms. The van der Waals surface area contributed by atoms with Crippen LogP contribution in [0.2, 0.25) is 0 Å². The van der Waals surface area contributed by atoms with Crippen molar-refractivity contribution in [3.05, 3.63) is 42.9 Å². The molecule has 1 amide bonds. The zero-order valence-corrected chi connectivity index (χ0v) is 15.3. The molecule has 2 N–H and O–H groups in total. The van der Waals surface area contributed by atoms with E-state index in [4.69, 9.17) is 0 Å². The monoisotopic (exact) mass is 381 g/mol. The average molecular weight is 381 g/mol. The number of alkyl halides is 1. The first kappa shape index (κ1) is 16.3. The van der Waals surface area contributed by atoms with Gasteiger partial charge in [-0.1, -0.05) is 6.07 Å². The van der Waals surface area contributed by atoms with E-state index in [1.807, 2.05) is 35.2 Å². The summed E-state index contributed by atoms with van der Waals surface area (Å²) in [5, 5.41) is 11.0. The largest absolute Gasteiger partial charge is 0.309 e. The molecule has 0 radical (unpaired) electrons. The SMILES string of the molecule is CSc1ccc(-c2ccc3nc(NC(=O)[C@@H]4C[C@@H]4F)cn3c2)c2cn[nH]c12. The van der Waals surface area contributed by atoms with Crippen LogP contribution in [0, 0.1) is 5.92 Å². The molecule has 4 aromatic rings. The Kier molecular flexibility index (Phi) is 3.68. The van der Waals surface area contributed by atoms with Gasteiger partial charge >= 0.3 is 0 Å². The number of nitrogens with zero attached hydrogens (tertiary/aromatic N) is 3. The third-order valence-electron chi connectivity index (χ3n) is 4.86. The molecule has 0 saturated heterocycles. The van der Waals surface area contributed by atoms with Crippen molar-refractivity contribution >= 4 is 40.0 Å². The molecule has 1 aromatic carbocycles. The fourth-order valence-electron chi connectivity index (χ4n) is 3.30. The number of pyridine rings is 1. The van der Waals surface area contributed by atoms with Gasteiger partial charge in [-0.15, -0.1) is 11.8 Å². The normalized spacial score (nSPS) is 18.9. The number of anilines is 1. The van der Waals surface area contributed by atoms with Gasteiger partial charge in [0.05, 0.1) is 23.8 Å². The summed E-state index contributed by atoms with van der Waals surface area (Å²) >= 11 is 1.67. The Morgan fingerprint density at radius 3 is 2.96 bits per heavy atom. The highest BCUT2D eigenvalue weighted by molar-refractivity contribution is 7.98. The van der Waals surface area contributed by atoms with Crippen LogP contribution in [0.3, 0.4) is 0 Å². The van der Waals surface area contributed by atoms with E-state index in [0.29, 0.717) is 17.9 Å². The number of amides is 1. The predicted molar refractivity (Wildman–Crippen MR) is 104 cm³/mol. The molecule has 3 heterocycles. The molecule has 136 valence electrons. The molecule has 5 rings (SSSR count). The molecule has 8 heteroatoms. The number of nitrogens with one attached hydrogen (secondary N) is 2. The Bertz CT molecular complexity index is 1180. The molecule has 1 aliphatic carbocycles. The molecule has 0 aliphatic heterocycles. The molecule has 1 saturated carbocycles. The molecule has 0 spiro atoms. The van der Waals surface area contributed by atoms with E-state index in [-0.39, 0.29) is 5.91 Å². The Morgan fingerprint density at radius 2 is 2.19 bits per heavy atom. The summed E-state index contributed by atoms with van der Waals surface area (Å²) in [5.41, 5.74) is 3.81. The van der Waals surface area contributed by atoms with Crippen molar-refractivity contribution in [2.45, 2.75) is 17.5 Å². The van der Waals surface area contributed by atoms with Gasteiger partial charge < -0.3 is 9.72 Å². The maximum Gasteiger partial charge on any atom is 0.231 e. The quantitative estimate of drug-likeness (QED) is 0.526. The van der Waals surface area contributed by atoms with Crippen LogP contribution in [0.5, 0.6) is 0 Å². The van der Waals surface area contributed by atoms with Crippen molar-refractivity contribution in [2.24, 2.45) is 5.92 Å². The van der Waals surface area contributed by atoms with Gasteiger partial charge in [-0.05, 0) is 42.0 Å². The Morgan fingerprint density at radius 1 is 1.33 bits per heavy atom. The molecule has 6 nitrogen and oxygen atoms in total. The number of carbonyl (C=O) groups is 1. The minimum atomic E-state index is -1.02. The van der Waals surface area contributed by atoms with Crippen LogP contribution >= 0.6 is 11.8 Å². The fraction of sp³-hybridized carbons (Fsp3) is 0.211. The van der Waals surface area contributed by atoms with Crippen LogP contribution in [-0.2, 0) is 4.79 Å². The number of aromatic nitrogens is 4. The summed E-state index contributed by atoms with van der Waals surface area (Å²) < 4.78 is 14.9. The van der Waals surface area contributed by atoms with Crippen molar-refractivity contribution in [2.75, 3.05) is 11.6 Å². The first-order chi connectivity index (χ1) is 13.1. The highest BCUT2D eigenvalue weighted by Crippen LogP contribution is 2.35. The van der Waals surface area contributed by atoms with Crippen LogP contribution in [0.25, 0.3) is 27.7 Å². The third-order valence-corrected chi connectivity index (χ3v) is 5.64. The number of halogens is 1. The van der Waals surface area contributed by atoms with Crippen LogP contribution in [0.4, 0.5) is 10.2 Å². The lowest BCUT2D eigenvalue weighted by Gasteiger charge is -2.06. The summed E-state index contributed by atoms with van der Waals surface area (Å²) in [5.74, 6) is -0.406. The highest BCUT2D eigenvalue weighted by atomic mass is 32.2. The Balaban J connectivity index is 1.51. The van der Waals surface area contributed by atoms with Crippen molar-refractivity contribution < 1.29 is 9.18 Å². The number of thioether (sulfide) groups is 1. The molecule has 0 unspecified atom stereocenters. The van der Waals surface area contributed by atoms with Gasteiger partial charge in [-0.3, -0.25) is 9.89 Å². The fourth-order valence-corrected chi connectivity index (χ4v) is 3.86. The first-order valence-corrected chi connectivity index (χ1v) is 9.80. The van der Waals surface area contributed by atoms with Gasteiger partial charge in [-0.2, -0.15) is 5.10 Å². The number of hydrogen-bond acceptors (Lipinski definition) is 4. The minimum Gasteiger partial charge on any atom is -0.309 e. The van der Waals surface area contributed by atoms with Crippen molar-refractivity contribution in [3.8, 4) is 11.1 Å². The van der Waals surface area contributed by atoms with E-state index in [1.165, 1.54) is 0 Å². The molecule has 3 aromatic heterocycles. The van der Waals surface area contributed by atoms with Gasteiger partial charge in [0.25, 0.3) is 0 Å². The zero-order chi connectivity index (χ0) is 18.5. The van der Waals surface area contributed by atoms with E-state index in [2.05, 4.69) is 32.6 Å². The predicted octanol–water partition coefficient (Wildman–Crippen LogP) is 3.90. The lowest BCUT2D eigenvalue weighted by atomic mass is 10.0. The number of aromatic amines is 1. The molecule has 2 atom stereocenters. The van der Waals surface area contributed by atoms with Crippen molar-refractivity contribution in [1.29, 1.82) is 0 Å². The van der Waals surface area contributed by atoms with E-state index in [1.54, 1.807) is 18.0 Å². The molecule has 1 fully saturated rings. The van der Waals surface area contributed by atoms with Crippen LogP contribution in [-0.4, -0.2) is 37.9 Å². The van der Waals surface area contributed by atoms with Crippen LogP contribution in [0.1, 0.15) is 6.42 Å². The summed E-state index contributed by atoms with van der Waals surface area (Å²) in [7, 11) is 0. The standard InChI is InChI=1S/C19H16FN5OS/c1-27-15-4-3-11(13-7-21-24-18(13)15)10-2-5-17-22-16(9-25(17)8-10)23-19(26)12-6-14(12)20/h2-5,7-9,12,14H,6H2,1H3,(H,21,24)(H,23,26)/t12-,14+/m1/s1.